The average molecular weight is 170 g/mol. The number of hydrogen-bond acceptors (Lipinski definition) is 1. The summed E-state index contributed by atoms with van der Waals surface area (Å²) >= 11 is 0. The van der Waals surface area contributed by atoms with Gasteiger partial charge in [-0.1, -0.05) is 39.5 Å². The lowest BCUT2D eigenvalue weighted by Crippen LogP contribution is -2.15. The van der Waals surface area contributed by atoms with E-state index in [0.717, 1.165) is 38.5 Å². The Bertz CT molecular complexity index is 115. The zero-order valence-corrected chi connectivity index (χ0v) is 8.23. The number of hydrogen-bond donors (Lipinski definition) is 0. The highest BCUT2D eigenvalue weighted by Gasteiger charge is 2.13. The maximum atomic E-state index is 10.8. The third kappa shape index (κ3) is 5.16. The summed E-state index contributed by atoms with van der Waals surface area (Å²) in [6, 6.07) is 0. The van der Waals surface area contributed by atoms with Crippen LogP contribution < -0.4 is 5.73 Å². The van der Waals surface area contributed by atoms with Crippen molar-refractivity contribution in [3.05, 3.63) is 0 Å². The first-order valence-corrected chi connectivity index (χ1v) is 4.97. The Balaban J connectivity index is 3.62. The second-order valence-electron chi connectivity index (χ2n) is 3.35. The van der Waals surface area contributed by atoms with Gasteiger partial charge in [0, 0.05) is 5.92 Å². The lowest BCUT2D eigenvalue weighted by molar-refractivity contribution is -0.122. The van der Waals surface area contributed by atoms with Crippen LogP contribution in [-0.2, 0) is 4.79 Å². The van der Waals surface area contributed by atoms with Gasteiger partial charge in [0.25, 0.3) is 0 Å². The van der Waals surface area contributed by atoms with Crippen LogP contribution in [0.4, 0.5) is 0 Å². The van der Waals surface area contributed by atoms with Crippen molar-refractivity contribution >= 4 is 5.91 Å². The molecule has 0 aliphatic rings. The summed E-state index contributed by atoms with van der Waals surface area (Å²) in [6.45, 7) is 4.23. The zero-order chi connectivity index (χ0) is 9.40. The van der Waals surface area contributed by atoms with Crippen LogP contribution in [0.5, 0.6) is 0 Å². The zero-order valence-electron chi connectivity index (χ0n) is 8.23. The predicted octanol–water partition coefficient (Wildman–Crippen LogP) is 2.79. The van der Waals surface area contributed by atoms with Crippen LogP contribution in [0.2, 0.25) is 0 Å². The number of carbonyl (C=O) groups is 1. The molecule has 0 heterocycles. The lowest BCUT2D eigenvalue weighted by Gasteiger charge is -2.10. The Morgan fingerprint density at radius 2 is 1.58 bits per heavy atom. The van der Waals surface area contributed by atoms with Gasteiger partial charge in [0.05, 0.1) is 0 Å². The van der Waals surface area contributed by atoms with Gasteiger partial charge in [-0.2, -0.15) is 0 Å². The maximum absolute atomic E-state index is 10.8. The molecule has 0 saturated heterocycles. The number of amides is 1. The molecule has 1 radical (unpaired) electrons. The Labute approximate surface area is 75.5 Å². The fourth-order valence-corrected chi connectivity index (χ4v) is 1.31. The van der Waals surface area contributed by atoms with Gasteiger partial charge in [-0.3, -0.25) is 10.5 Å². The quantitative estimate of drug-likeness (QED) is 0.579. The summed E-state index contributed by atoms with van der Waals surface area (Å²) in [5.41, 5.74) is 7.05. The first-order chi connectivity index (χ1) is 5.72. The molecular weight excluding hydrogens is 150 g/mol. The van der Waals surface area contributed by atoms with Gasteiger partial charge in [0.15, 0.2) is 0 Å². The summed E-state index contributed by atoms with van der Waals surface area (Å²) in [6.07, 6.45) is 6.24. The Morgan fingerprint density at radius 1 is 1.17 bits per heavy atom. The topological polar surface area (TPSA) is 40.9 Å². The number of unbranched alkanes of at least 4 members (excludes halogenated alkanes) is 2. The summed E-state index contributed by atoms with van der Waals surface area (Å²) in [5, 5.41) is 0. The minimum Gasteiger partial charge on any atom is -0.273 e. The second-order valence-corrected chi connectivity index (χ2v) is 3.35. The van der Waals surface area contributed by atoms with Gasteiger partial charge in [-0.25, -0.2) is 0 Å². The lowest BCUT2D eigenvalue weighted by atomic mass is 9.96. The molecule has 0 spiro atoms. The molecule has 0 aliphatic heterocycles. The van der Waals surface area contributed by atoms with Crippen LogP contribution >= 0.6 is 0 Å². The Hall–Kier alpha value is -0.530. The highest BCUT2D eigenvalue weighted by atomic mass is 16.1. The molecule has 0 atom stereocenters. The highest BCUT2D eigenvalue weighted by molar-refractivity contribution is 5.75. The number of carbonyl (C=O) groups excluding carboxylic acids is 1. The van der Waals surface area contributed by atoms with E-state index < -0.39 is 0 Å². The van der Waals surface area contributed by atoms with E-state index in [9.17, 15) is 4.79 Å². The van der Waals surface area contributed by atoms with Crippen molar-refractivity contribution in [1.82, 2.24) is 5.73 Å². The molecule has 0 aromatic carbocycles. The summed E-state index contributed by atoms with van der Waals surface area (Å²) < 4.78 is 0. The molecule has 71 valence electrons. The van der Waals surface area contributed by atoms with E-state index in [1.54, 1.807) is 0 Å². The van der Waals surface area contributed by atoms with Crippen LogP contribution in [0.3, 0.4) is 0 Å². The Morgan fingerprint density at radius 3 is 1.83 bits per heavy atom. The van der Waals surface area contributed by atoms with Crippen molar-refractivity contribution < 1.29 is 4.79 Å². The first-order valence-electron chi connectivity index (χ1n) is 4.97. The van der Waals surface area contributed by atoms with Crippen molar-refractivity contribution in [2.24, 2.45) is 5.92 Å². The van der Waals surface area contributed by atoms with Crippen LogP contribution in [0.15, 0.2) is 0 Å². The van der Waals surface area contributed by atoms with Crippen molar-refractivity contribution in [2.75, 3.05) is 0 Å². The first kappa shape index (κ1) is 11.5. The maximum Gasteiger partial charge on any atom is 0.241 e. The molecular formula is C10H20NO. The van der Waals surface area contributed by atoms with E-state index in [-0.39, 0.29) is 11.8 Å². The summed E-state index contributed by atoms with van der Waals surface area (Å²) in [7, 11) is 0. The van der Waals surface area contributed by atoms with E-state index in [0.29, 0.717) is 0 Å². The average Bonchev–Trinajstić information content (AvgIpc) is 2.04. The molecule has 0 aliphatic carbocycles. The molecule has 0 unspecified atom stereocenters. The van der Waals surface area contributed by atoms with Gasteiger partial charge in [0.1, 0.15) is 0 Å². The molecule has 2 heteroatoms. The van der Waals surface area contributed by atoms with Gasteiger partial charge < -0.3 is 0 Å². The molecule has 1 amide bonds. The van der Waals surface area contributed by atoms with Crippen LogP contribution in [0, 0.1) is 5.92 Å². The standard InChI is InChI=1S/C10H20NO/c1-3-5-7-9(10(11)12)8-6-4-2/h9,11H,3-8H2,1-2H3. The van der Waals surface area contributed by atoms with Gasteiger partial charge >= 0.3 is 0 Å². The van der Waals surface area contributed by atoms with E-state index in [2.05, 4.69) is 13.8 Å². The number of nitrogens with one attached hydrogen (secondary N) is 1. The molecule has 0 fully saturated rings. The molecule has 0 aromatic heterocycles. The van der Waals surface area contributed by atoms with Crippen molar-refractivity contribution in [3.8, 4) is 0 Å². The minimum atomic E-state index is -0.364. The van der Waals surface area contributed by atoms with Gasteiger partial charge in [-0.05, 0) is 12.8 Å². The molecule has 0 bridgehead atoms. The van der Waals surface area contributed by atoms with E-state index >= 15 is 0 Å². The third-order valence-corrected chi connectivity index (χ3v) is 2.18. The van der Waals surface area contributed by atoms with E-state index in [1.165, 1.54) is 0 Å². The normalized spacial score (nSPS) is 10.6. The smallest absolute Gasteiger partial charge is 0.241 e. The van der Waals surface area contributed by atoms with Gasteiger partial charge in [0.2, 0.25) is 5.91 Å². The second kappa shape index (κ2) is 7.14. The largest absolute Gasteiger partial charge is 0.273 e. The predicted molar refractivity (Wildman–Crippen MR) is 50.6 cm³/mol. The molecule has 2 nitrogen and oxygen atoms in total. The number of rotatable bonds is 7. The van der Waals surface area contributed by atoms with Crippen LogP contribution in [0.1, 0.15) is 52.4 Å². The monoisotopic (exact) mass is 170 g/mol. The molecule has 12 heavy (non-hydrogen) atoms. The SMILES string of the molecule is CCCCC(CCCC)C([NH])=O. The van der Waals surface area contributed by atoms with Crippen molar-refractivity contribution in [3.63, 3.8) is 0 Å². The molecule has 0 saturated carbocycles. The fourth-order valence-electron chi connectivity index (χ4n) is 1.31. The fraction of sp³-hybridized carbons (Fsp3) is 0.900. The van der Waals surface area contributed by atoms with Crippen LogP contribution in [0.25, 0.3) is 0 Å². The van der Waals surface area contributed by atoms with E-state index in [4.69, 9.17) is 5.73 Å². The third-order valence-electron chi connectivity index (χ3n) is 2.18. The molecule has 1 N–H and O–H groups in total. The van der Waals surface area contributed by atoms with Crippen molar-refractivity contribution in [2.45, 2.75) is 52.4 Å². The van der Waals surface area contributed by atoms with Gasteiger partial charge in [-0.15, -0.1) is 0 Å². The van der Waals surface area contributed by atoms with Crippen LogP contribution in [-0.4, -0.2) is 5.91 Å². The highest BCUT2D eigenvalue weighted by Crippen LogP contribution is 2.15. The van der Waals surface area contributed by atoms with Crippen molar-refractivity contribution in [1.29, 1.82) is 0 Å². The molecule has 0 aromatic rings. The van der Waals surface area contributed by atoms with E-state index in [1.807, 2.05) is 0 Å². The molecule has 0 rings (SSSR count). The Kier molecular flexibility index (Phi) is 6.82. The minimum absolute atomic E-state index is 0.0184. The summed E-state index contributed by atoms with van der Waals surface area (Å²) in [4.78, 5) is 10.8. The summed E-state index contributed by atoms with van der Waals surface area (Å²) in [5.74, 6) is -0.346.